The first-order chi connectivity index (χ1) is 9.10. The molecule has 0 atom stereocenters. The van der Waals surface area contributed by atoms with Gasteiger partial charge in [-0.15, -0.1) is 0 Å². The van der Waals surface area contributed by atoms with E-state index >= 15 is 0 Å². The van der Waals surface area contributed by atoms with Gasteiger partial charge in [0.15, 0.2) is 0 Å². The van der Waals surface area contributed by atoms with Crippen molar-refractivity contribution in [1.82, 2.24) is 4.98 Å². The summed E-state index contributed by atoms with van der Waals surface area (Å²) in [6, 6.07) is 4.52. The summed E-state index contributed by atoms with van der Waals surface area (Å²) in [7, 11) is 0. The van der Waals surface area contributed by atoms with Crippen molar-refractivity contribution < 1.29 is 13.9 Å². The fourth-order valence-electron chi connectivity index (χ4n) is 1.46. The molecule has 0 unspecified atom stereocenters. The number of esters is 1. The first-order valence-corrected chi connectivity index (χ1v) is 5.46. The van der Waals surface area contributed by atoms with Crippen LogP contribution < -0.4 is 11.4 Å². The van der Waals surface area contributed by atoms with Crippen molar-refractivity contribution in [2.45, 2.75) is 6.92 Å². The predicted octanol–water partition coefficient (Wildman–Crippen LogP) is 0.396. The first kappa shape index (κ1) is 12.6. The highest BCUT2D eigenvalue weighted by atomic mass is 16.5. The van der Waals surface area contributed by atoms with Crippen LogP contribution in [0.15, 0.2) is 32.2 Å². The van der Waals surface area contributed by atoms with Gasteiger partial charge in [0.1, 0.15) is 0 Å². The maximum atomic E-state index is 11.5. The van der Waals surface area contributed by atoms with Crippen LogP contribution in [0.2, 0.25) is 0 Å². The fourth-order valence-corrected chi connectivity index (χ4v) is 1.46. The third-order valence-electron chi connectivity index (χ3n) is 2.25. The molecule has 0 bridgehead atoms. The van der Waals surface area contributed by atoms with E-state index in [4.69, 9.17) is 0 Å². The summed E-state index contributed by atoms with van der Waals surface area (Å²) in [5, 5.41) is 0.190. The van der Waals surface area contributed by atoms with Gasteiger partial charge >= 0.3 is 17.4 Å². The van der Waals surface area contributed by atoms with E-state index in [1.54, 1.807) is 13.0 Å². The lowest BCUT2D eigenvalue weighted by Crippen LogP contribution is -2.14. The van der Waals surface area contributed by atoms with Crippen molar-refractivity contribution >= 4 is 16.9 Å². The number of carbonyl (C=O) groups excluding carboxylic acids is 1. The summed E-state index contributed by atoms with van der Waals surface area (Å²) in [5.41, 5.74) is 0.0429. The van der Waals surface area contributed by atoms with Gasteiger partial charge in [0, 0.05) is 11.5 Å². The Morgan fingerprint density at radius 3 is 2.95 bits per heavy atom. The largest absolute Gasteiger partial charge is 0.456 e. The minimum absolute atomic E-state index is 0.190. The van der Waals surface area contributed by atoms with E-state index < -0.39 is 17.4 Å². The maximum Gasteiger partial charge on any atom is 0.419 e. The quantitative estimate of drug-likeness (QED) is 0.591. The summed E-state index contributed by atoms with van der Waals surface area (Å²) in [6.45, 7) is 1.92. The minimum atomic E-state index is -0.817. The Hall–Kier alpha value is -2.81. The summed E-state index contributed by atoms with van der Waals surface area (Å²) in [5.74, 6) is 3.39. The number of ether oxygens (including phenoxy) is 1. The average Bonchev–Trinajstić information content (AvgIpc) is 2.37. The third-order valence-corrected chi connectivity index (χ3v) is 2.25. The standard InChI is InChI=1S/C13H9NO5/c1-2-18-11(15)6-4-8-3-5-10-9(7-8)12(16)19-13(17)14-10/h3,5,7H,2H2,1H3,(H,14,17). The Labute approximate surface area is 107 Å². The monoisotopic (exact) mass is 259 g/mol. The molecule has 0 aliphatic heterocycles. The zero-order valence-electron chi connectivity index (χ0n) is 9.98. The molecule has 19 heavy (non-hydrogen) atoms. The van der Waals surface area contributed by atoms with Crippen LogP contribution in [-0.4, -0.2) is 17.6 Å². The number of aromatic nitrogens is 1. The number of carbonyl (C=O) groups is 1. The molecule has 0 spiro atoms. The molecule has 0 amide bonds. The Kier molecular flexibility index (Phi) is 3.48. The lowest BCUT2D eigenvalue weighted by Gasteiger charge is -1.96. The molecule has 0 radical (unpaired) electrons. The van der Waals surface area contributed by atoms with Gasteiger partial charge in [-0.3, -0.25) is 4.98 Å². The summed E-state index contributed by atoms with van der Waals surface area (Å²) >= 11 is 0. The highest BCUT2D eigenvalue weighted by Crippen LogP contribution is 2.07. The summed E-state index contributed by atoms with van der Waals surface area (Å²) < 4.78 is 9.05. The van der Waals surface area contributed by atoms with Gasteiger partial charge in [-0.05, 0) is 25.1 Å². The molecule has 96 valence electrons. The van der Waals surface area contributed by atoms with Crippen molar-refractivity contribution in [2.75, 3.05) is 6.61 Å². The highest BCUT2D eigenvalue weighted by molar-refractivity contribution is 5.89. The van der Waals surface area contributed by atoms with E-state index in [0.717, 1.165) is 0 Å². The van der Waals surface area contributed by atoms with Crippen molar-refractivity contribution in [3.05, 3.63) is 44.7 Å². The topological polar surface area (TPSA) is 89.4 Å². The van der Waals surface area contributed by atoms with E-state index in [2.05, 4.69) is 26.0 Å². The van der Waals surface area contributed by atoms with Gasteiger partial charge in [0.2, 0.25) is 0 Å². The van der Waals surface area contributed by atoms with E-state index in [1.165, 1.54) is 12.1 Å². The molecule has 6 heteroatoms. The second-order valence-corrected chi connectivity index (χ2v) is 3.53. The normalized spacial score (nSPS) is 9.74. The zero-order chi connectivity index (χ0) is 13.8. The average molecular weight is 259 g/mol. The van der Waals surface area contributed by atoms with Crippen LogP contribution in [0, 0.1) is 11.8 Å². The lowest BCUT2D eigenvalue weighted by molar-refractivity contribution is -0.136. The Morgan fingerprint density at radius 1 is 1.42 bits per heavy atom. The van der Waals surface area contributed by atoms with Crippen LogP contribution in [0.25, 0.3) is 10.9 Å². The van der Waals surface area contributed by atoms with Crippen LogP contribution in [0.4, 0.5) is 0 Å². The SMILES string of the molecule is CCOC(=O)C#Cc1ccc2[nH]c(=O)oc(=O)c2c1. The first-order valence-electron chi connectivity index (χ1n) is 5.46. The molecule has 0 fully saturated rings. The van der Waals surface area contributed by atoms with Gasteiger partial charge in [0.05, 0.1) is 17.5 Å². The van der Waals surface area contributed by atoms with Gasteiger partial charge in [-0.1, -0.05) is 5.92 Å². The third kappa shape index (κ3) is 2.90. The molecule has 0 aliphatic rings. The molecule has 0 aliphatic carbocycles. The van der Waals surface area contributed by atoms with Crippen LogP contribution in [0.1, 0.15) is 12.5 Å². The molecule has 1 heterocycles. The van der Waals surface area contributed by atoms with Crippen molar-refractivity contribution in [2.24, 2.45) is 0 Å². The van der Waals surface area contributed by atoms with E-state index in [9.17, 15) is 14.4 Å². The zero-order valence-corrected chi connectivity index (χ0v) is 9.98. The maximum absolute atomic E-state index is 11.5. The van der Waals surface area contributed by atoms with Crippen LogP contribution in [0.5, 0.6) is 0 Å². The molecular formula is C13H9NO5. The number of hydrogen-bond donors (Lipinski definition) is 1. The number of aromatic amines is 1. The summed E-state index contributed by atoms with van der Waals surface area (Å²) in [4.78, 5) is 35.9. The van der Waals surface area contributed by atoms with E-state index in [0.29, 0.717) is 11.1 Å². The predicted molar refractivity (Wildman–Crippen MR) is 66.6 cm³/mol. The number of fused-ring (bicyclic) bond motifs is 1. The molecule has 1 aromatic heterocycles. The molecule has 0 saturated heterocycles. The lowest BCUT2D eigenvalue weighted by atomic mass is 10.1. The van der Waals surface area contributed by atoms with Gasteiger partial charge < -0.3 is 9.15 Å². The Balaban J connectivity index is 2.45. The van der Waals surface area contributed by atoms with Crippen LogP contribution >= 0.6 is 0 Å². The smallest absolute Gasteiger partial charge is 0.419 e. The van der Waals surface area contributed by atoms with Gasteiger partial charge in [-0.25, -0.2) is 14.4 Å². The van der Waals surface area contributed by atoms with Crippen LogP contribution in [0.3, 0.4) is 0 Å². The number of hydrogen-bond acceptors (Lipinski definition) is 5. The van der Waals surface area contributed by atoms with E-state index in [1.807, 2.05) is 0 Å². The highest BCUT2D eigenvalue weighted by Gasteiger charge is 2.03. The van der Waals surface area contributed by atoms with E-state index in [-0.39, 0.29) is 12.0 Å². The second kappa shape index (κ2) is 5.23. The Bertz CT molecular complexity index is 803. The molecule has 2 rings (SSSR count). The van der Waals surface area contributed by atoms with Gasteiger partial charge in [0.25, 0.3) is 0 Å². The molecule has 0 saturated carbocycles. The number of H-pyrrole nitrogens is 1. The Morgan fingerprint density at radius 2 is 2.21 bits per heavy atom. The summed E-state index contributed by atoms with van der Waals surface area (Å²) in [6.07, 6.45) is 0. The van der Waals surface area contributed by atoms with Crippen molar-refractivity contribution in [1.29, 1.82) is 0 Å². The minimum Gasteiger partial charge on any atom is -0.456 e. The van der Waals surface area contributed by atoms with Crippen LogP contribution in [-0.2, 0) is 9.53 Å². The molecule has 2 aromatic rings. The molecular weight excluding hydrogens is 250 g/mol. The van der Waals surface area contributed by atoms with Gasteiger partial charge in [-0.2, -0.15) is 0 Å². The fraction of sp³-hybridized carbons (Fsp3) is 0.154. The number of nitrogens with one attached hydrogen (secondary N) is 1. The number of benzene rings is 1. The van der Waals surface area contributed by atoms with Crippen molar-refractivity contribution in [3.8, 4) is 11.8 Å². The molecule has 1 N–H and O–H groups in total. The second-order valence-electron chi connectivity index (χ2n) is 3.53. The number of rotatable bonds is 1. The molecule has 1 aromatic carbocycles. The van der Waals surface area contributed by atoms with Crippen molar-refractivity contribution in [3.63, 3.8) is 0 Å². The molecule has 6 nitrogen and oxygen atoms in total.